The van der Waals surface area contributed by atoms with Crippen LogP contribution in [-0.4, -0.2) is 11.1 Å². The molecule has 23 heavy (non-hydrogen) atoms. The van der Waals surface area contributed by atoms with Crippen LogP contribution in [0.4, 0.5) is 18.0 Å². The van der Waals surface area contributed by atoms with E-state index in [4.69, 9.17) is 0 Å². The van der Waals surface area contributed by atoms with Gasteiger partial charge in [0.2, 0.25) is 0 Å². The third-order valence-corrected chi connectivity index (χ3v) is 4.21. The Labute approximate surface area is 136 Å². The van der Waals surface area contributed by atoms with Gasteiger partial charge in [-0.05, 0) is 55.1 Å². The lowest BCUT2D eigenvalue weighted by Crippen LogP contribution is -2.08. The summed E-state index contributed by atoms with van der Waals surface area (Å²) >= 11 is 0.852. The van der Waals surface area contributed by atoms with Gasteiger partial charge < -0.3 is 0 Å². The summed E-state index contributed by atoms with van der Waals surface area (Å²) in [5.74, 6) is -0.468. The van der Waals surface area contributed by atoms with E-state index < -0.39 is 22.9 Å². The first-order valence-corrected chi connectivity index (χ1v) is 8.02. The summed E-state index contributed by atoms with van der Waals surface area (Å²) < 4.78 is 37.3. The number of nitrogens with zero attached hydrogens (tertiary/aromatic N) is 1. The van der Waals surface area contributed by atoms with Crippen molar-refractivity contribution < 1.29 is 22.8 Å². The lowest BCUT2D eigenvalue weighted by molar-refractivity contribution is -0.137. The van der Waals surface area contributed by atoms with E-state index in [2.05, 4.69) is 5.32 Å². The van der Waals surface area contributed by atoms with E-state index in [0.29, 0.717) is 11.3 Å². The zero-order chi connectivity index (χ0) is 16.9. The average molecular weight is 342 g/mol. The van der Waals surface area contributed by atoms with Crippen molar-refractivity contribution in [3.63, 3.8) is 0 Å². The number of carbonyl (C=O) groups is 2. The highest BCUT2D eigenvalue weighted by Gasteiger charge is 2.29. The first-order valence-electron chi connectivity index (χ1n) is 7.20. The Balaban J connectivity index is 1.67. The number of rotatable bonds is 6. The van der Waals surface area contributed by atoms with Gasteiger partial charge in [0.25, 0.3) is 5.91 Å². The molecule has 0 N–H and O–H groups in total. The number of benzene rings is 1. The smallest absolute Gasteiger partial charge is 0.266 e. The molecular formula is C16H15F3NO2S. The summed E-state index contributed by atoms with van der Waals surface area (Å²) in [6, 6.07) is 5.21. The number of halogens is 3. The van der Waals surface area contributed by atoms with Crippen molar-refractivity contribution in [2.75, 3.05) is 0 Å². The average Bonchev–Trinajstić information content (AvgIpc) is 2.80. The van der Waals surface area contributed by atoms with Crippen LogP contribution in [0.15, 0.2) is 35.2 Å². The molecule has 1 aromatic rings. The molecule has 0 aliphatic carbocycles. The first kappa shape index (κ1) is 17.6. The van der Waals surface area contributed by atoms with E-state index in [0.717, 1.165) is 55.1 Å². The summed E-state index contributed by atoms with van der Waals surface area (Å²) in [4.78, 5) is 22.5. The van der Waals surface area contributed by atoms with Gasteiger partial charge in [0, 0.05) is 0 Å². The number of carbonyl (C=O) groups excluding carboxylic acids is 2. The van der Waals surface area contributed by atoms with E-state index >= 15 is 0 Å². The largest absolute Gasteiger partial charge is 0.416 e. The van der Waals surface area contributed by atoms with Crippen molar-refractivity contribution in [3.05, 3.63) is 46.4 Å². The van der Waals surface area contributed by atoms with E-state index in [9.17, 15) is 22.8 Å². The summed E-state index contributed by atoms with van der Waals surface area (Å²) in [5, 5.41) is 2.82. The van der Waals surface area contributed by atoms with Gasteiger partial charge in [-0.15, -0.1) is 0 Å². The first-order chi connectivity index (χ1) is 10.9. The van der Waals surface area contributed by atoms with E-state index in [1.165, 1.54) is 12.1 Å². The number of unbranched alkanes of at least 4 members (excludes halogenated alkanes) is 3. The molecule has 123 valence electrons. The van der Waals surface area contributed by atoms with Crippen LogP contribution in [0, 0.1) is 0 Å². The number of amides is 2. The number of imide groups is 1. The molecule has 0 atom stereocenters. The maximum atomic E-state index is 12.4. The molecule has 0 saturated carbocycles. The van der Waals surface area contributed by atoms with Crippen molar-refractivity contribution >= 4 is 22.9 Å². The van der Waals surface area contributed by atoms with Crippen LogP contribution < -0.4 is 5.32 Å². The van der Waals surface area contributed by atoms with Crippen LogP contribution in [0.25, 0.3) is 0 Å². The van der Waals surface area contributed by atoms with E-state index in [1.54, 1.807) is 6.08 Å². The third kappa shape index (κ3) is 5.42. The summed E-state index contributed by atoms with van der Waals surface area (Å²) in [5.41, 5.74) is 0.244. The Hall–Kier alpha value is -1.76. The van der Waals surface area contributed by atoms with Crippen LogP contribution in [0.3, 0.4) is 0 Å². The Kier molecular flexibility index (Phi) is 5.87. The monoisotopic (exact) mass is 342 g/mol. The number of aryl methyl sites for hydroxylation is 1. The standard InChI is InChI=1S/C16H15F3NO2S/c17-16(18,19)12-9-7-11(8-10-12)5-3-1-2-4-6-13-14(21)20-15(22)23-13/h6-10H,1-5H2. The molecule has 2 rings (SSSR count). The molecule has 0 aromatic heterocycles. The summed E-state index contributed by atoms with van der Waals surface area (Å²) in [6.45, 7) is 0. The highest BCUT2D eigenvalue weighted by Crippen LogP contribution is 2.29. The molecule has 1 aromatic carbocycles. The second-order valence-corrected chi connectivity index (χ2v) is 6.14. The molecule has 0 unspecified atom stereocenters. The number of alkyl halides is 3. The molecule has 1 radical (unpaired) electrons. The minimum Gasteiger partial charge on any atom is -0.266 e. The minimum absolute atomic E-state index is 0.387. The zero-order valence-corrected chi connectivity index (χ0v) is 13.0. The van der Waals surface area contributed by atoms with Gasteiger partial charge in [-0.1, -0.05) is 24.6 Å². The van der Waals surface area contributed by atoms with Gasteiger partial charge in [-0.2, -0.15) is 18.5 Å². The Morgan fingerprint density at radius 2 is 1.74 bits per heavy atom. The number of hydrogen-bond donors (Lipinski definition) is 0. The Morgan fingerprint density at radius 3 is 2.30 bits per heavy atom. The molecule has 7 heteroatoms. The normalized spacial score (nSPS) is 16.9. The number of allylic oxidation sites excluding steroid dienone is 1. The lowest BCUT2D eigenvalue weighted by atomic mass is 10.0. The van der Waals surface area contributed by atoms with Crippen molar-refractivity contribution in [1.29, 1.82) is 0 Å². The molecule has 1 saturated heterocycles. The van der Waals surface area contributed by atoms with Crippen LogP contribution in [-0.2, 0) is 17.4 Å². The van der Waals surface area contributed by atoms with Gasteiger partial charge >= 0.3 is 11.4 Å². The van der Waals surface area contributed by atoms with Crippen LogP contribution in [0.1, 0.15) is 36.8 Å². The highest BCUT2D eigenvalue weighted by molar-refractivity contribution is 8.18. The second kappa shape index (κ2) is 7.68. The van der Waals surface area contributed by atoms with Gasteiger partial charge in [0.15, 0.2) is 0 Å². The Morgan fingerprint density at radius 1 is 1.04 bits per heavy atom. The van der Waals surface area contributed by atoms with Crippen molar-refractivity contribution in [2.24, 2.45) is 0 Å². The van der Waals surface area contributed by atoms with Gasteiger partial charge in [-0.3, -0.25) is 9.59 Å². The van der Waals surface area contributed by atoms with E-state index in [1.807, 2.05) is 0 Å². The fourth-order valence-corrected chi connectivity index (χ4v) is 2.82. The van der Waals surface area contributed by atoms with Gasteiger partial charge in [0.1, 0.15) is 0 Å². The molecule has 0 spiro atoms. The SMILES string of the molecule is O=C1[N]C(=O)C(=CCCCCCc2ccc(C(F)(F)F)cc2)S1. The van der Waals surface area contributed by atoms with Gasteiger partial charge in [-0.25, -0.2) is 0 Å². The minimum atomic E-state index is -4.30. The topological polar surface area (TPSA) is 48.2 Å². The van der Waals surface area contributed by atoms with Crippen LogP contribution in [0.5, 0.6) is 0 Å². The second-order valence-electron chi connectivity index (χ2n) is 5.15. The Bertz CT molecular complexity index is 609. The highest BCUT2D eigenvalue weighted by atomic mass is 32.2. The molecule has 1 aliphatic heterocycles. The van der Waals surface area contributed by atoms with Gasteiger partial charge in [0.05, 0.1) is 10.5 Å². The van der Waals surface area contributed by atoms with Crippen LogP contribution in [0.2, 0.25) is 0 Å². The fraction of sp³-hybridized carbons (Fsp3) is 0.375. The molecule has 0 bridgehead atoms. The third-order valence-electron chi connectivity index (χ3n) is 3.38. The fourth-order valence-electron chi connectivity index (χ4n) is 2.17. The molecule has 2 amide bonds. The lowest BCUT2D eigenvalue weighted by Gasteiger charge is -2.07. The summed E-state index contributed by atoms with van der Waals surface area (Å²) in [6.07, 6.45) is 1.44. The quantitative estimate of drug-likeness (QED) is 0.556. The molecule has 1 aliphatic rings. The summed E-state index contributed by atoms with van der Waals surface area (Å²) in [7, 11) is 0. The van der Waals surface area contributed by atoms with E-state index in [-0.39, 0.29) is 0 Å². The predicted octanol–water partition coefficient (Wildman–Crippen LogP) is 4.69. The maximum absolute atomic E-state index is 12.4. The number of hydrogen-bond acceptors (Lipinski definition) is 3. The van der Waals surface area contributed by atoms with Crippen LogP contribution >= 0.6 is 11.8 Å². The number of thioether (sulfide) groups is 1. The van der Waals surface area contributed by atoms with Crippen molar-refractivity contribution in [3.8, 4) is 0 Å². The predicted molar refractivity (Wildman–Crippen MR) is 81.8 cm³/mol. The molecule has 3 nitrogen and oxygen atoms in total. The molecule has 1 fully saturated rings. The molecule has 1 heterocycles. The maximum Gasteiger partial charge on any atom is 0.416 e. The zero-order valence-electron chi connectivity index (χ0n) is 12.2. The molecular weight excluding hydrogens is 327 g/mol. The van der Waals surface area contributed by atoms with Crippen molar-refractivity contribution in [2.45, 2.75) is 38.3 Å². The van der Waals surface area contributed by atoms with Crippen molar-refractivity contribution in [1.82, 2.24) is 5.32 Å².